The molecule has 0 bridgehead atoms. The minimum absolute atomic E-state index is 0.500. The molecule has 1 atom stereocenters. The number of halogens is 2. The van der Waals surface area contributed by atoms with Crippen LogP contribution < -0.4 is 0 Å². The molecule has 1 heterocycles. The minimum atomic E-state index is -0.672. The largest absolute Gasteiger partial charge is 0.383 e. The Morgan fingerprint density at radius 2 is 2.06 bits per heavy atom. The molecular formula is C13H12Cl2OS. The Hall–Kier alpha value is -0.540. The summed E-state index contributed by atoms with van der Waals surface area (Å²) in [4.78, 5) is 0.955. The average molecular weight is 287 g/mol. The van der Waals surface area contributed by atoms with Crippen molar-refractivity contribution < 1.29 is 5.11 Å². The third-order valence-electron chi connectivity index (χ3n) is 2.67. The Labute approximate surface area is 115 Å². The molecule has 2 rings (SSSR count). The zero-order chi connectivity index (χ0) is 12.4. The summed E-state index contributed by atoms with van der Waals surface area (Å²) in [5, 5.41) is 13.4. The van der Waals surface area contributed by atoms with E-state index < -0.39 is 6.10 Å². The first kappa shape index (κ1) is 12.9. The second kappa shape index (κ2) is 5.40. The number of aryl methyl sites for hydroxylation is 1. The summed E-state index contributed by atoms with van der Waals surface area (Å²) in [7, 11) is 0. The van der Waals surface area contributed by atoms with E-state index in [2.05, 4.69) is 6.92 Å². The van der Waals surface area contributed by atoms with Crippen molar-refractivity contribution in [1.29, 1.82) is 0 Å². The number of aliphatic hydroxyl groups is 1. The normalized spacial score (nSPS) is 12.7. The van der Waals surface area contributed by atoms with E-state index in [9.17, 15) is 5.11 Å². The van der Waals surface area contributed by atoms with Gasteiger partial charge in [-0.1, -0.05) is 36.2 Å². The maximum absolute atomic E-state index is 10.3. The molecule has 0 aliphatic heterocycles. The lowest BCUT2D eigenvalue weighted by atomic mass is 10.0. The quantitative estimate of drug-likeness (QED) is 0.867. The van der Waals surface area contributed by atoms with Gasteiger partial charge >= 0.3 is 0 Å². The fraction of sp³-hybridized carbons (Fsp3) is 0.231. The molecule has 0 saturated carbocycles. The maximum Gasteiger partial charge on any atom is 0.115 e. The lowest BCUT2D eigenvalue weighted by molar-refractivity contribution is 0.223. The van der Waals surface area contributed by atoms with Crippen LogP contribution >= 0.6 is 34.5 Å². The number of rotatable bonds is 3. The number of thiophene rings is 1. The average Bonchev–Trinajstić information content (AvgIpc) is 2.76. The predicted octanol–water partition coefficient (Wildman–Crippen LogP) is 4.70. The van der Waals surface area contributed by atoms with Gasteiger partial charge in [-0.3, -0.25) is 0 Å². The van der Waals surface area contributed by atoms with Crippen LogP contribution in [-0.2, 0) is 6.42 Å². The number of aliphatic hydroxyl groups excluding tert-OH is 1. The summed E-state index contributed by atoms with van der Waals surface area (Å²) >= 11 is 13.5. The zero-order valence-corrected chi connectivity index (χ0v) is 11.6. The van der Waals surface area contributed by atoms with Crippen LogP contribution in [0.5, 0.6) is 0 Å². The van der Waals surface area contributed by atoms with Crippen molar-refractivity contribution in [2.24, 2.45) is 0 Å². The van der Waals surface area contributed by atoms with E-state index in [1.165, 1.54) is 0 Å². The smallest absolute Gasteiger partial charge is 0.115 e. The van der Waals surface area contributed by atoms with Crippen LogP contribution in [0.25, 0.3) is 0 Å². The molecule has 90 valence electrons. The van der Waals surface area contributed by atoms with Crippen LogP contribution in [0.15, 0.2) is 29.6 Å². The highest BCUT2D eigenvalue weighted by atomic mass is 35.5. The lowest BCUT2D eigenvalue weighted by Gasteiger charge is -2.13. The molecule has 1 N–H and O–H groups in total. The van der Waals surface area contributed by atoms with Gasteiger partial charge in [-0.2, -0.15) is 0 Å². The van der Waals surface area contributed by atoms with Gasteiger partial charge in [-0.15, -0.1) is 11.3 Å². The molecule has 0 saturated heterocycles. The monoisotopic (exact) mass is 286 g/mol. The van der Waals surface area contributed by atoms with E-state index in [-0.39, 0.29) is 0 Å². The van der Waals surface area contributed by atoms with E-state index in [4.69, 9.17) is 23.2 Å². The Kier molecular flexibility index (Phi) is 4.10. The van der Waals surface area contributed by atoms with Crippen molar-refractivity contribution >= 4 is 34.5 Å². The molecule has 1 aromatic carbocycles. The molecule has 4 heteroatoms. The van der Waals surface area contributed by atoms with E-state index >= 15 is 0 Å². The van der Waals surface area contributed by atoms with Gasteiger partial charge in [0.2, 0.25) is 0 Å². The number of hydrogen-bond donors (Lipinski definition) is 1. The molecule has 0 spiro atoms. The van der Waals surface area contributed by atoms with Gasteiger partial charge in [0.05, 0.1) is 0 Å². The van der Waals surface area contributed by atoms with Crippen molar-refractivity contribution in [2.45, 2.75) is 19.4 Å². The molecule has 1 nitrogen and oxygen atoms in total. The molecule has 1 unspecified atom stereocenters. The third kappa shape index (κ3) is 2.66. The molecule has 0 amide bonds. The third-order valence-corrected chi connectivity index (χ3v) is 4.24. The SMILES string of the molecule is CCc1ccsc1C(O)c1ccc(Cl)cc1Cl. The second-order valence-corrected chi connectivity index (χ2v) is 5.52. The van der Waals surface area contributed by atoms with Gasteiger partial charge in [-0.05, 0) is 35.6 Å². The molecule has 0 radical (unpaired) electrons. The highest BCUT2D eigenvalue weighted by Gasteiger charge is 2.18. The Bertz CT molecular complexity index is 522. The first-order valence-electron chi connectivity index (χ1n) is 5.32. The van der Waals surface area contributed by atoms with Gasteiger partial charge in [0.25, 0.3) is 0 Å². The van der Waals surface area contributed by atoms with Gasteiger partial charge in [0.15, 0.2) is 0 Å². The summed E-state index contributed by atoms with van der Waals surface area (Å²) in [6.45, 7) is 2.07. The summed E-state index contributed by atoms with van der Waals surface area (Å²) in [5.41, 5.74) is 1.86. The Balaban J connectivity index is 2.40. The van der Waals surface area contributed by atoms with Gasteiger partial charge in [-0.25, -0.2) is 0 Å². The maximum atomic E-state index is 10.3. The van der Waals surface area contributed by atoms with Crippen molar-refractivity contribution in [1.82, 2.24) is 0 Å². The van der Waals surface area contributed by atoms with E-state index in [0.29, 0.717) is 15.6 Å². The summed E-state index contributed by atoms with van der Waals surface area (Å²) < 4.78 is 0. The van der Waals surface area contributed by atoms with Crippen LogP contribution in [0, 0.1) is 0 Å². The lowest BCUT2D eigenvalue weighted by Crippen LogP contribution is -2.00. The van der Waals surface area contributed by atoms with Crippen molar-refractivity contribution in [2.75, 3.05) is 0 Å². The van der Waals surface area contributed by atoms with Gasteiger partial charge < -0.3 is 5.11 Å². The van der Waals surface area contributed by atoms with Crippen LogP contribution in [0.4, 0.5) is 0 Å². The first-order chi connectivity index (χ1) is 8.13. The number of benzene rings is 1. The molecule has 2 aromatic rings. The molecule has 17 heavy (non-hydrogen) atoms. The Morgan fingerprint density at radius 3 is 2.71 bits per heavy atom. The van der Waals surface area contributed by atoms with Crippen LogP contribution in [0.3, 0.4) is 0 Å². The van der Waals surface area contributed by atoms with Gasteiger partial charge in [0.1, 0.15) is 6.10 Å². The summed E-state index contributed by atoms with van der Waals surface area (Å²) in [6, 6.07) is 7.20. The second-order valence-electron chi connectivity index (χ2n) is 3.73. The molecular weight excluding hydrogens is 275 g/mol. The molecule has 0 aliphatic carbocycles. The molecule has 0 fully saturated rings. The van der Waals surface area contributed by atoms with E-state index in [0.717, 1.165) is 16.9 Å². The first-order valence-corrected chi connectivity index (χ1v) is 6.96. The zero-order valence-electron chi connectivity index (χ0n) is 9.28. The van der Waals surface area contributed by atoms with Crippen molar-refractivity contribution in [3.8, 4) is 0 Å². The highest BCUT2D eigenvalue weighted by Crippen LogP contribution is 2.34. The fourth-order valence-corrected chi connectivity index (χ4v) is 3.25. The van der Waals surface area contributed by atoms with Crippen LogP contribution in [0.2, 0.25) is 10.0 Å². The van der Waals surface area contributed by atoms with Crippen LogP contribution in [-0.4, -0.2) is 5.11 Å². The fourth-order valence-electron chi connectivity index (χ4n) is 1.74. The van der Waals surface area contributed by atoms with Crippen LogP contribution in [0.1, 0.15) is 29.0 Å². The molecule has 1 aromatic heterocycles. The van der Waals surface area contributed by atoms with E-state index in [1.54, 1.807) is 29.5 Å². The summed E-state index contributed by atoms with van der Waals surface area (Å²) in [6.07, 6.45) is 0.232. The standard InChI is InChI=1S/C13H12Cl2OS/c1-2-8-5-6-17-13(8)12(16)10-4-3-9(14)7-11(10)15/h3-7,12,16H,2H2,1H3. The Morgan fingerprint density at radius 1 is 1.29 bits per heavy atom. The molecule has 0 aliphatic rings. The van der Waals surface area contributed by atoms with E-state index in [1.807, 2.05) is 11.4 Å². The number of hydrogen-bond acceptors (Lipinski definition) is 2. The van der Waals surface area contributed by atoms with Gasteiger partial charge in [0, 0.05) is 20.5 Å². The van der Waals surface area contributed by atoms with Crippen molar-refractivity contribution in [3.05, 3.63) is 55.7 Å². The minimum Gasteiger partial charge on any atom is -0.383 e. The summed E-state index contributed by atoms with van der Waals surface area (Å²) in [5.74, 6) is 0. The highest BCUT2D eigenvalue weighted by molar-refractivity contribution is 7.10. The van der Waals surface area contributed by atoms with Crippen molar-refractivity contribution in [3.63, 3.8) is 0 Å². The predicted molar refractivity (Wildman–Crippen MR) is 74.2 cm³/mol. The topological polar surface area (TPSA) is 20.2 Å².